The molecule has 0 heterocycles. The van der Waals surface area contributed by atoms with Crippen molar-refractivity contribution in [2.24, 2.45) is 0 Å². The molecule has 13 heavy (non-hydrogen) atoms. The molecule has 0 fully saturated rings. The van der Waals surface area contributed by atoms with E-state index in [0.717, 1.165) is 0 Å². The molecule has 9 nitrogen and oxygen atoms in total. The third-order valence-electron chi connectivity index (χ3n) is 0. The Balaban J connectivity index is -0.0000000450. The van der Waals surface area contributed by atoms with Crippen molar-refractivity contribution in [1.29, 1.82) is 0 Å². The van der Waals surface area contributed by atoms with Gasteiger partial charge in [0.25, 0.3) is 34.1 Å². The van der Waals surface area contributed by atoms with Gasteiger partial charge in [0, 0.05) is 0 Å². The van der Waals surface area contributed by atoms with Crippen LogP contribution < -0.4 is 0 Å². The van der Waals surface area contributed by atoms with Gasteiger partial charge in [0.05, 0.1) is 0 Å². The van der Waals surface area contributed by atoms with Crippen molar-refractivity contribution in [2.45, 2.75) is 0 Å². The quantitative estimate of drug-likeness (QED) is 0.215. The predicted octanol–water partition coefficient (Wildman–Crippen LogP) is -2.14. The van der Waals surface area contributed by atoms with Crippen LogP contribution in [0.15, 0.2) is 0 Å². The van der Waals surface area contributed by atoms with E-state index in [1.165, 1.54) is 0 Å². The summed E-state index contributed by atoms with van der Waals surface area (Å²) in [6.07, 6.45) is 0. The molecule has 0 radical (unpaired) electrons. The second kappa shape index (κ2) is 18.5. The Morgan fingerprint density at radius 2 is 0.538 bits per heavy atom. The maximum absolute atomic E-state index is 8.67. The van der Waals surface area contributed by atoms with E-state index in [9.17, 15) is 0 Å². The zero-order valence-electron chi connectivity index (χ0n) is 5.84. The molecule has 0 aliphatic rings. The summed E-state index contributed by atoms with van der Waals surface area (Å²) in [6.45, 7) is 0. The SMILES string of the molecule is O=S(O)O.O=S(O)O.O=S(O)O.[AsH3]. The van der Waals surface area contributed by atoms with Crippen LogP contribution in [-0.4, -0.2) is 57.9 Å². The molecule has 0 spiro atoms. The van der Waals surface area contributed by atoms with Crippen molar-refractivity contribution in [3.05, 3.63) is 0 Å². The Labute approximate surface area is 92.0 Å². The fraction of sp³-hybridized carbons (Fsp3) is 0. The molecule has 0 amide bonds. The molecule has 1 atom stereocenters. The van der Waals surface area contributed by atoms with Crippen LogP contribution >= 0.6 is 0 Å². The van der Waals surface area contributed by atoms with Gasteiger partial charge < -0.3 is 0 Å². The molecule has 0 saturated heterocycles. The van der Waals surface area contributed by atoms with Crippen LogP contribution in [0.4, 0.5) is 0 Å². The molecule has 0 aromatic heterocycles. The van der Waals surface area contributed by atoms with Gasteiger partial charge in [0.15, 0.2) is 0 Å². The summed E-state index contributed by atoms with van der Waals surface area (Å²) >= 11 is -7.83. The molecule has 1 unspecified atom stereocenters. The first-order valence-electron chi connectivity index (χ1n) is 1.60. The van der Waals surface area contributed by atoms with Crippen molar-refractivity contribution >= 4 is 52.0 Å². The molecule has 0 rings (SSSR count). The summed E-state index contributed by atoms with van der Waals surface area (Å²) in [6, 6.07) is 0. The molecule has 6 N–H and O–H groups in total. The third-order valence-corrected chi connectivity index (χ3v) is 0. The van der Waals surface area contributed by atoms with Gasteiger partial charge in [0.2, 0.25) is 0 Å². The molecule has 0 aliphatic heterocycles. The zero-order chi connectivity index (χ0) is 10.7. The second-order valence-corrected chi connectivity index (χ2v) is 2.08. The van der Waals surface area contributed by atoms with Gasteiger partial charge in [-0.15, -0.1) is 0 Å². The van der Waals surface area contributed by atoms with Crippen LogP contribution in [0, 0.1) is 0 Å². The normalized spacial score (nSPS) is 8.08. The van der Waals surface area contributed by atoms with Gasteiger partial charge in [0.1, 0.15) is 0 Å². The summed E-state index contributed by atoms with van der Waals surface area (Å²) in [7, 11) is 0. The van der Waals surface area contributed by atoms with E-state index in [2.05, 4.69) is 0 Å². The summed E-state index contributed by atoms with van der Waals surface area (Å²) in [5.41, 5.74) is 0. The van der Waals surface area contributed by atoms with Crippen LogP contribution in [0.2, 0.25) is 0 Å². The molecule has 86 valence electrons. The fourth-order valence-corrected chi connectivity index (χ4v) is 0. The molecular formula is H9AsO9S3. The summed E-state index contributed by atoms with van der Waals surface area (Å²) in [5.74, 6) is 0. The Kier molecular flexibility index (Phi) is 33.5. The summed E-state index contributed by atoms with van der Waals surface area (Å²) < 4.78 is 68.5. The molecule has 13 heteroatoms. The van der Waals surface area contributed by atoms with E-state index in [0.29, 0.717) is 0 Å². The number of hydrogen-bond acceptors (Lipinski definition) is 3. The molecular weight excluding hydrogens is 315 g/mol. The van der Waals surface area contributed by atoms with E-state index >= 15 is 0 Å². The van der Waals surface area contributed by atoms with Gasteiger partial charge in [-0.25, -0.2) is 0 Å². The van der Waals surface area contributed by atoms with Gasteiger partial charge in [-0.05, 0) is 0 Å². The first-order valence-corrected chi connectivity index (χ1v) is 4.79. The van der Waals surface area contributed by atoms with Crippen LogP contribution in [0.1, 0.15) is 0 Å². The topological polar surface area (TPSA) is 173 Å². The van der Waals surface area contributed by atoms with E-state index in [1.54, 1.807) is 0 Å². The summed E-state index contributed by atoms with van der Waals surface area (Å²) in [5, 5.41) is 0. The molecule has 0 aliphatic carbocycles. The molecule has 0 aromatic carbocycles. The van der Waals surface area contributed by atoms with Crippen molar-refractivity contribution < 1.29 is 39.9 Å². The van der Waals surface area contributed by atoms with Crippen molar-refractivity contribution in [1.82, 2.24) is 0 Å². The van der Waals surface area contributed by atoms with Crippen LogP contribution in [0.25, 0.3) is 0 Å². The van der Waals surface area contributed by atoms with Gasteiger partial charge in [-0.1, -0.05) is 0 Å². The van der Waals surface area contributed by atoms with Gasteiger partial charge in [-0.3, -0.25) is 27.3 Å². The van der Waals surface area contributed by atoms with Crippen molar-refractivity contribution in [2.75, 3.05) is 0 Å². The van der Waals surface area contributed by atoms with Crippen LogP contribution in [0.5, 0.6) is 0 Å². The standard InChI is InChI=1S/AsH3.3H2O3S/c;3*1-4(2)3/h1H3;3*(H2,1,2,3). The average Bonchev–Trinajstić information content (AvgIpc) is 1.54. The molecule has 0 bridgehead atoms. The Morgan fingerprint density at radius 3 is 0.538 bits per heavy atom. The molecule has 0 saturated carbocycles. The Morgan fingerprint density at radius 1 is 0.538 bits per heavy atom. The van der Waals surface area contributed by atoms with E-state index < -0.39 is 34.1 Å². The first kappa shape index (κ1) is 23.5. The van der Waals surface area contributed by atoms with Crippen LogP contribution in [-0.2, 0) is 34.1 Å². The average molecular weight is 324 g/mol. The number of rotatable bonds is 0. The van der Waals surface area contributed by atoms with E-state index in [-0.39, 0.29) is 18.0 Å². The maximum atomic E-state index is 8.67. The van der Waals surface area contributed by atoms with Crippen molar-refractivity contribution in [3.63, 3.8) is 0 Å². The van der Waals surface area contributed by atoms with Crippen LogP contribution in [0.3, 0.4) is 0 Å². The van der Waals surface area contributed by atoms with Gasteiger partial charge >= 0.3 is 18.0 Å². The minimum absolute atomic E-state index is 0. The monoisotopic (exact) mass is 324 g/mol. The molecule has 0 aromatic rings. The summed E-state index contributed by atoms with van der Waals surface area (Å²) in [4.78, 5) is 0. The Hall–Kier alpha value is 0.768. The second-order valence-electron chi connectivity index (χ2n) is 0.692. The first-order chi connectivity index (χ1) is 5.20. The number of hydrogen-bond donors (Lipinski definition) is 6. The van der Waals surface area contributed by atoms with Gasteiger partial charge in [-0.2, -0.15) is 12.6 Å². The van der Waals surface area contributed by atoms with E-state index in [1.807, 2.05) is 0 Å². The predicted molar refractivity (Wildman–Crippen MR) is 50.1 cm³/mol. The van der Waals surface area contributed by atoms with Crippen molar-refractivity contribution in [3.8, 4) is 0 Å². The Bertz CT molecular complexity index is 112. The third kappa shape index (κ3) is 2510. The minimum atomic E-state index is -2.61. The fourth-order valence-electron chi connectivity index (χ4n) is 0. The van der Waals surface area contributed by atoms with E-state index in [4.69, 9.17) is 39.9 Å². The zero-order valence-corrected chi connectivity index (χ0v) is 11.3.